The van der Waals surface area contributed by atoms with E-state index in [1.54, 1.807) is 4.90 Å². The van der Waals surface area contributed by atoms with Gasteiger partial charge in [0.2, 0.25) is 5.91 Å². The lowest BCUT2D eigenvalue weighted by Crippen LogP contribution is -2.57. The Balaban J connectivity index is 1.93. The van der Waals surface area contributed by atoms with Crippen molar-refractivity contribution in [3.63, 3.8) is 0 Å². The summed E-state index contributed by atoms with van der Waals surface area (Å²) in [5.41, 5.74) is -0.479. The zero-order chi connectivity index (χ0) is 20.5. The van der Waals surface area contributed by atoms with Gasteiger partial charge in [0.25, 0.3) is 15.7 Å². The van der Waals surface area contributed by atoms with Crippen molar-refractivity contribution in [3.8, 4) is 0 Å². The van der Waals surface area contributed by atoms with E-state index in [0.717, 1.165) is 10.7 Å². The van der Waals surface area contributed by atoms with Crippen LogP contribution >= 0.6 is 0 Å². The maximum atomic E-state index is 13.3. The van der Waals surface area contributed by atoms with Crippen LogP contribution < -0.4 is 0 Å². The number of nitro benzene ring substituents is 1. The highest BCUT2D eigenvalue weighted by Crippen LogP contribution is 2.31. The topological polar surface area (TPSA) is 110 Å². The van der Waals surface area contributed by atoms with Gasteiger partial charge in [0.15, 0.2) is 4.90 Å². The fourth-order valence-corrected chi connectivity index (χ4v) is 5.77. The summed E-state index contributed by atoms with van der Waals surface area (Å²) in [7, 11) is -4.18. The van der Waals surface area contributed by atoms with Crippen molar-refractivity contribution in [2.75, 3.05) is 19.6 Å². The highest BCUT2D eigenvalue weighted by molar-refractivity contribution is 7.89. The first-order valence-electron chi connectivity index (χ1n) is 9.41. The molecule has 2 aliphatic rings. The molecule has 3 rings (SSSR count). The van der Waals surface area contributed by atoms with Crippen molar-refractivity contribution in [2.24, 2.45) is 0 Å². The first-order chi connectivity index (χ1) is 13.2. The first-order valence-corrected chi connectivity index (χ1v) is 10.9. The number of benzene rings is 1. The lowest BCUT2D eigenvalue weighted by Gasteiger charge is -2.40. The van der Waals surface area contributed by atoms with Gasteiger partial charge in [0.1, 0.15) is 6.04 Å². The lowest BCUT2D eigenvalue weighted by molar-refractivity contribution is -0.387. The van der Waals surface area contributed by atoms with Gasteiger partial charge in [-0.1, -0.05) is 18.6 Å². The van der Waals surface area contributed by atoms with E-state index in [0.29, 0.717) is 25.9 Å². The number of hydrogen-bond acceptors (Lipinski definition) is 6. The molecule has 0 bridgehead atoms. The molecule has 0 unspecified atom stereocenters. The van der Waals surface area contributed by atoms with E-state index in [-0.39, 0.29) is 29.6 Å². The third-order valence-corrected chi connectivity index (χ3v) is 7.07. The molecule has 0 N–H and O–H groups in total. The van der Waals surface area contributed by atoms with Crippen LogP contribution in [0.5, 0.6) is 0 Å². The molecule has 28 heavy (non-hydrogen) atoms. The summed E-state index contributed by atoms with van der Waals surface area (Å²) in [5.74, 6) is -0.260. The zero-order valence-electron chi connectivity index (χ0n) is 16.0. The van der Waals surface area contributed by atoms with Gasteiger partial charge in [-0.05, 0) is 32.8 Å². The minimum absolute atomic E-state index is 0.128. The van der Waals surface area contributed by atoms with Gasteiger partial charge >= 0.3 is 0 Å². The van der Waals surface area contributed by atoms with E-state index in [4.69, 9.17) is 4.74 Å². The highest BCUT2D eigenvalue weighted by Gasteiger charge is 2.42. The molecule has 0 aromatic heterocycles. The van der Waals surface area contributed by atoms with Crippen LogP contribution in [0.1, 0.15) is 33.1 Å². The molecule has 2 heterocycles. The molecule has 1 aromatic carbocycles. The number of para-hydroxylation sites is 1. The molecule has 0 radical (unpaired) electrons. The number of piperidine rings is 1. The van der Waals surface area contributed by atoms with Gasteiger partial charge in [0.05, 0.1) is 17.1 Å². The average Bonchev–Trinajstić information content (AvgIpc) is 2.66. The summed E-state index contributed by atoms with van der Waals surface area (Å²) in [6.07, 6.45) is 1.49. The number of carbonyl (C=O) groups is 1. The molecule has 0 spiro atoms. The summed E-state index contributed by atoms with van der Waals surface area (Å²) in [6, 6.07) is 4.41. The Morgan fingerprint density at radius 2 is 1.82 bits per heavy atom. The van der Waals surface area contributed by atoms with Crippen LogP contribution in [0, 0.1) is 10.1 Å². The third kappa shape index (κ3) is 4.03. The van der Waals surface area contributed by atoms with E-state index in [1.165, 1.54) is 24.3 Å². The molecule has 10 heteroatoms. The monoisotopic (exact) mass is 411 g/mol. The molecular weight excluding hydrogens is 386 g/mol. The first kappa shape index (κ1) is 20.7. The van der Waals surface area contributed by atoms with E-state index < -0.39 is 26.7 Å². The summed E-state index contributed by atoms with van der Waals surface area (Å²) in [5, 5.41) is 11.3. The van der Waals surface area contributed by atoms with Gasteiger partial charge in [-0.2, -0.15) is 4.31 Å². The van der Waals surface area contributed by atoms with Gasteiger partial charge in [-0.15, -0.1) is 0 Å². The van der Waals surface area contributed by atoms with E-state index in [9.17, 15) is 23.3 Å². The van der Waals surface area contributed by atoms with Crippen LogP contribution in [0.25, 0.3) is 0 Å². The number of sulfonamides is 1. The Bertz CT molecular complexity index is 849. The number of nitro groups is 1. The van der Waals surface area contributed by atoms with E-state index >= 15 is 0 Å². The Morgan fingerprint density at radius 1 is 1.18 bits per heavy atom. The minimum Gasteiger partial charge on any atom is -0.372 e. The second kappa shape index (κ2) is 8.14. The molecule has 0 saturated carbocycles. The number of rotatable bonds is 4. The number of ether oxygens (including phenoxy) is 1. The fraction of sp³-hybridized carbons (Fsp3) is 0.611. The molecular formula is C18H25N3O6S. The Morgan fingerprint density at radius 3 is 2.46 bits per heavy atom. The van der Waals surface area contributed by atoms with Gasteiger partial charge < -0.3 is 9.64 Å². The molecule has 1 aromatic rings. The predicted octanol–water partition coefficient (Wildman–Crippen LogP) is 1.77. The molecule has 154 valence electrons. The molecule has 2 fully saturated rings. The van der Waals surface area contributed by atoms with Crippen molar-refractivity contribution >= 4 is 21.6 Å². The molecule has 2 saturated heterocycles. The van der Waals surface area contributed by atoms with Gasteiger partial charge in [-0.3, -0.25) is 14.9 Å². The lowest BCUT2D eigenvalue weighted by atomic mass is 10.0. The predicted molar refractivity (Wildman–Crippen MR) is 101 cm³/mol. The van der Waals surface area contributed by atoms with Crippen LogP contribution in [0.2, 0.25) is 0 Å². The normalized spacial score (nSPS) is 26.8. The highest BCUT2D eigenvalue weighted by atomic mass is 32.2. The summed E-state index contributed by atoms with van der Waals surface area (Å²) in [4.78, 5) is 25.1. The molecule has 9 nitrogen and oxygen atoms in total. The second-order valence-electron chi connectivity index (χ2n) is 7.35. The largest absolute Gasteiger partial charge is 0.372 e. The molecule has 0 aliphatic carbocycles. The van der Waals surface area contributed by atoms with Crippen LogP contribution in [0.3, 0.4) is 0 Å². The number of amides is 1. The second-order valence-corrected chi connectivity index (χ2v) is 9.21. The van der Waals surface area contributed by atoms with Crippen molar-refractivity contribution in [2.45, 2.75) is 56.3 Å². The third-order valence-electron chi connectivity index (χ3n) is 5.12. The Labute approximate surface area is 164 Å². The van der Waals surface area contributed by atoms with E-state index in [1.807, 2.05) is 13.8 Å². The van der Waals surface area contributed by atoms with Gasteiger partial charge in [0, 0.05) is 25.7 Å². The summed E-state index contributed by atoms with van der Waals surface area (Å²) < 4.78 is 33.3. The number of morpholine rings is 1. The van der Waals surface area contributed by atoms with Crippen LogP contribution in [0.4, 0.5) is 5.69 Å². The zero-order valence-corrected chi connectivity index (χ0v) is 16.8. The van der Waals surface area contributed by atoms with Crippen molar-refractivity contribution in [3.05, 3.63) is 34.4 Å². The van der Waals surface area contributed by atoms with Gasteiger partial charge in [-0.25, -0.2) is 8.42 Å². The quantitative estimate of drug-likeness (QED) is 0.552. The Hall–Kier alpha value is -2.04. The summed E-state index contributed by atoms with van der Waals surface area (Å²) in [6.45, 7) is 4.72. The minimum atomic E-state index is -4.18. The van der Waals surface area contributed by atoms with Crippen LogP contribution in [-0.4, -0.2) is 66.3 Å². The number of hydrogen-bond donors (Lipinski definition) is 0. The maximum Gasteiger partial charge on any atom is 0.289 e. The van der Waals surface area contributed by atoms with Crippen molar-refractivity contribution in [1.29, 1.82) is 0 Å². The van der Waals surface area contributed by atoms with Crippen LogP contribution in [-0.2, 0) is 19.6 Å². The van der Waals surface area contributed by atoms with Crippen molar-refractivity contribution in [1.82, 2.24) is 9.21 Å². The average molecular weight is 411 g/mol. The Kier molecular flexibility index (Phi) is 6.01. The fourth-order valence-electron chi connectivity index (χ4n) is 3.96. The number of nitrogens with zero attached hydrogens (tertiary/aromatic N) is 3. The molecule has 3 atom stereocenters. The van der Waals surface area contributed by atoms with Crippen LogP contribution in [0.15, 0.2) is 29.2 Å². The molecule has 1 amide bonds. The maximum absolute atomic E-state index is 13.3. The van der Waals surface area contributed by atoms with Crippen molar-refractivity contribution < 1.29 is 22.9 Å². The SMILES string of the molecule is C[C@@H]1CN(C(=O)[C@H]2CCCCN2S(=O)(=O)c2ccccc2[N+](=O)[O-])C[C@@H](C)O1. The smallest absolute Gasteiger partial charge is 0.289 e. The molecule has 2 aliphatic heterocycles. The van der Waals surface area contributed by atoms with E-state index in [2.05, 4.69) is 0 Å². The summed E-state index contributed by atoms with van der Waals surface area (Å²) >= 11 is 0. The standard InChI is InChI=1S/C18H25N3O6S/c1-13-11-19(12-14(2)27-13)18(22)16-8-5-6-10-20(16)28(25,26)17-9-4-3-7-15(17)21(23)24/h3-4,7,9,13-14,16H,5-6,8,10-12H2,1-2H3/t13-,14-,16-/m1/s1. The number of carbonyl (C=O) groups excluding carboxylic acids is 1.